The summed E-state index contributed by atoms with van der Waals surface area (Å²) in [5.41, 5.74) is -3.35. The monoisotopic (exact) mass is 568 g/mol. The molecular weight excluding hydrogens is 541 g/mol. The quantitative estimate of drug-likeness (QED) is 0.272. The molecule has 4 rings (SSSR count). The molecular formula is C29H27F7N2O2. The number of hydrogen-bond donors (Lipinski definition) is 2. The third-order valence-electron chi connectivity index (χ3n) is 6.94. The highest BCUT2D eigenvalue weighted by atomic mass is 19.4. The second-order valence-electron chi connectivity index (χ2n) is 9.74. The second kappa shape index (κ2) is 11.8. The number of rotatable bonds is 8. The van der Waals surface area contributed by atoms with Crippen molar-refractivity contribution >= 4 is 6.03 Å². The SMILES string of the molecule is O=C(NC1CCCC1)NC(CCc1ccccc1)(c1cc(F)cc(C(F)(F)F)c1)c1ccccc1OC(F)(F)F. The fourth-order valence-corrected chi connectivity index (χ4v) is 5.13. The van der Waals surface area contributed by atoms with Crippen molar-refractivity contribution < 1.29 is 40.3 Å². The zero-order chi connectivity index (χ0) is 29.0. The van der Waals surface area contributed by atoms with Crippen molar-refractivity contribution in [2.75, 3.05) is 0 Å². The first-order valence-corrected chi connectivity index (χ1v) is 12.7. The van der Waals surface area contributed by atoms with Crippen LogP contribution in [0.15, 0.2) is 72.8 Å². The Morgan fingerprint density at radius 2 is 1.48 bits per heavy atom. The Bertz CT molecular complexity index is 1310. The van der Waals surface area contributed by atoms with Crippen LogP contribution in [0.2, 0.25) is 0 Å². The Morgan fingerprint density at radius 1 is 0.850 bits per heavy atom. The normalized spacial score (nSPS) is 15.9. The van der Waals surface area contributed by atoms with E-state index in [0.29, 0.717) is 30.5 Å². The first-order chi connectivity index (χ1) is 18.9. The molecule has 0 bridgehead atoms. The molecule has 3 aromatic carbocycles. The number of amides is 2. The zero-order valence-electron chi connectivity index (χ0n) is 21.2. The Kier molecular flexibility index (Phi) is 8.60. The molecule has 40 heavy (non-hydrogen) atoms. The Morgan fingerprint density at radius 3 is 2.12 bits per heavy atom. The molecule has 1 unspecified atom stereocenters. The van der Waals surface area contributed by atoms with E-state index in [2.05, 4.69) is 15.4 Å². The van der Waals surface area contributed by atoms with Gasteiger partial charge >= 0.3 is 18.6 Å². The lowest BCUT2D eigenvalue weighted by Gasteiger charge is -2.38. The number of ether oxygens (including phenoxy) is 1. The maximum atomic E-state index is 14.8. The van der Waals surface area contributed by atoms with Crippen molar-refractivity contribution in [1.82, 2.24) is 10.6 Å². The largest absolute Gasteiger partial charge is 0.573 e. The van der Waals surface area contributed by atoms with Crippen LogP contribution < -0.4 is 15.4 Å². The number of halogens is 7. The first kappa shape index (κ1) is 29.2. The lowest BCUT2D eigenvalue weighted by Crippen LogP contribution is -2.53. The Labute approximate surface area is 226 Å². The van der Waals surface area contributed by atoms with Gasteiger partial charge in [-0.15, -0.1) is 13.2 Å². The minimum absolute atomic E-state index is 0.114. The van der Waals surface area contributed by atoms with Crippen molar-refractivity contribution in [1.29, 1.82) is 0 Å². The van der Waals surface area contributed by atoms with Gasteiger partial charge in [0.15, 0.2) is 0 Å². The second-order valence-corrected chi connectivity index (χ2v) is 9.74. The molecule has 1 aliphatic rings. The molecule has 11 heteroatoms. The highest BCUT2D eigenvalue weighted by molar-refractivity contribution is 5.77. The number of hydrogen-bond acceptors (Lipinski definition) is 2. The number of nitrogens with one attached hydrogen (secondary N) is 2. The molecule has 0 aromatic heterocycles. The van der Waals surface area contributed by atoms with E-state index >= 15 is 0 Å². The molecule has 4 nitrogen and oxygen atoms in total. The van der Waals surface area contributed by atoms with Crippen LogP contribution in [-0.4, -0.2) is 18.4 Å². The molecule has 0 aliphatic heterocycles. The number of carbonyl (C=O) groups excluding carboxylic acids is 1. The number of aryl methyl sites for hydroxylation is 1. The van der Waals surface area contributed by atoms with E-state index in [1.54, 1.807) is 30.3 Å². The van der Waals surface area contributed by atoms with Crippen molar-refractivity contribution in [3.63, 3.8) is 0 Å². The summed E-state index contributed by atoms with van der Waals surface area (Å²) in [7, 11) is 0. The van der Waals surface area contributed by atoms with Gasteiger partial charge in [0, 0.05) is 11.6 Å². The topological polar surface area (TPSA) is 50.4 Å². The van der Waals surface area contributed by atoms with Gasteiger partial charge in [0.05, 0.1) is 11.1 Å². The van der Waals surface area contributed by atoms with E-state index < -0.39 is 41.2 Å². The van der Waals surface area contributed by atoms with Gasteiger partial charge in [0.1, 0.15) is 11.6 Å². The van der Waals surface area contributed by atoms with Crippen molar-refractivity contribution in [2.24, 2.45) is 0 Å². The van der Waals surface area contributed by atoms with Crippen molar-refractivity contribution in [3.05, 3.63) is 101 Å². The summed E-state index contributed by atoms with van der Waals surface area (Å²) in [6, 6.07) is 14.2. The molecule has 1 atom stereocenters. The van der Waals surface area contributed by atoms with E-state index in [0.717, 1.165) is 25.0 Å². The highest BCUT2D eigenvalue weighted by Gasteiger charge is 2.43. The van der Waals surface area contributed by atoms with E-state index in [9.17, 15) is 35.5 Å². The number of para-hydroxylation sites is 1. The van der Waals surface area contributed by atoms with Gasteiger partial charge in [-0.25, -0.2) is 9.18 Å². The van der Waals surface area contributed by atoms with Gasteiger partial charge in [-0.1, -0.05) is 61.4 Å². The summed E-state index contributed by atoms with van der Waals surface area (Å²) in [5, 5.41) is 5.43. The molecule has 0 spiro atoms. The average molecular weight is 569 g/mol. The van der Waals surface area contributed by atoms with E-state index in [1.165, 1.54) is 18.2 Å². The van der Waals surface area contributed by atoms with Crippen molar-refractivity contribution in [2.45, 2.75) is 62.6 Å². The van der Waals surface area contributed by atoms with Gasteiger partial charge in [-0.05, 0) is 61.1 Å². The average Bonchev–Trinajstić information content (AvgIpc) is 3.39. The molecule has 2 N–H and O–H groups in total. The van der Waals surface area contributed by atoms with Gasteiger partial charge in [-0.2, -0.15) is 13.2 Å². The summed E-state index contributed by atoms with van der Waals surface area (Å²) in [4.78, 5) is 13.3. The zero-order valence-corrected chi connectivity index (χ0v) is 21.2. The van der Waals surface area contributed by atoms with Gasteiger partial charge < -0.3 is 15.4 Å². The molecule has 214 valence electrons. The fraction of sp³-hybridized carbons (Fsp3) is 0.345. The van der Waals surface area contributed by atoms with Crippen LogP contribution in [0, 0.1) is 5.82 Å². The highest BCUT2D eigenvalue weighted by Crippen LogP contribution is 2.43. The Hall–Kier alpha value is -3.76. The maximum absolute atomic E-state index is 14.8. The number of carbonyl (C=O) groups is 1. The third-order valence-corrected chi connectivity index (χ3v) is 6.94. The minimum Gasteiger partial charge on any atom is -0.405 e. The summed E-state index contributed by atoms with van der Waals surface area (Å²) in [5.74, 6) is -2.00. The summed E-state index contributed by atoms with van der Waals surface area (Å²) >= 11 is 0. The molecule has 0 saturated heterocycles. The number of benzene rings is 3. The van der Waals surface area contributed by atoms with E-state index in [-0.39, 0.29) is 30.0 Å². The standard InChI is InChI=1S/C29H27F7N2O2/c30-22-17-20(16-21(18-22)28(31,32)33)27(15-14-19-8-2-1-3-9-19,38-26(39)37-23-10-4-5-11-23)24-12-6-7-13-25(24)40-29(34,35)36/h1-3,6-9,12-13,16-18,23H,4-5,10-11,14-15H2,(H2,37,38,39). The lowest BCUT2D eigenvalue weighted by atomic mass is 9.77. The lowest BCUT2D eigenvalue weighted by molar-refractivity contribution is -0.275. The number of alkyl halides is 6. The predicted molar refractivity (Wildman–Crippen MR) is 134 cm³/mol. The number of urea groups is 1. The van der Waals surface area contributed by atoms with Crippen LogP contribution >= 0.6 is 0 Å². The van der Waals surface area contributed by atoms with Gasteiger partial charge in [-0.3, -0.25) is 0 Å². The van der Waals surface area contributed by atoms with Crippen LogP contribution in [0.4, 0.5) is 35.5 Å². The van der Waals surface area contributed by atoms with Crippen LogP contribution in [0.25, 0.3) is 0 Å². The molecule has 1 saturated carbocycles. The molecule has 3 aromatic rings. The molecule has 0 heterocycles. The molecule has 1 fully saturated rings. The minimum atomic E-state index is -5.15. The van der Waals surface area contributed by atoms with E-state index in [4.69, 9.17) is 0 Å². The van der Waals surface area contributed by atoms with Gasteiger partial charge in [0.2, 0.25) is 0 Å². The predicted octanol–water partition coefficient (Wildman–Crippen LogP) is 7.86. The molecule has 2 amide bonds. The summed E-state index contributed by atoms with van der Waals surface area (Å²) < 4.78 is 101. The fourth-order valence-electron chi connectivity index (χ4n) is 5.13. The summed E-state index contributed by atoms with van der Waals surface area (Å²) in [6.07, 6.45) is -7.12. The van der Waals surface area contributed by atoms with Crippen LogP contribution in [0.3, 0.4) is 0 Å². The van der Waals surface area contributed by atoms with Crippen LogP contribution in [-0.2, 0) is 18.1 Å². The van der Waals surface area contributed by atoms with Crippen LogP contribution in [0.1, 0.15) is 54.4 Å². The third kappa shape index (κ3) is 7.25. The molecule has 0 radical (unpaired) electrons. The Balaban J connectivity index is 1.92. The van der Waals surface area contributed by atoms with Crippen molar-refractivity contribution in [3.8, 4) is 5.75 Å². The first-order valence-electron chi connectivity index (χ1n) is 12.7. The molecule has 1 aliphatic carbocycles. The maximum Gasteiger partial charge on any atom is 0.573 e. The van der Waals surface area contributed by atoms with Crippen LogP contribution in [0.5, 0.6) is 5.75 Å². The van der Waals surface area contributed by atoms with Gasteiger partial charge in [0.25, 0.3) is 0 Å². The van der Waals surface area contributed by atoms with E-state index in [1.807, 2.05) is 0 Å². The smallest absolute Gasteiger partial charge is 0.405 e. The summed E-state index contributed by atoms with van der Waals surface area (Å²) in [6.45, 7) is 0.